The number of hydrogen-bond acceptors (Lipinski definition) is 4. The number of amides is 2. The number of hydrogen-bond donors (Lipinski definition) is 3. The number of thiophene rings is 1. The molecule has 0 saturated heterocycles. The first-order valence-electron chi connectivity index (χ1n) is 9.11. The molecule has 2 amide bonds. The molecule has 1 aliphatic rings. The molecule has 27 heavy (non-hydrogen) atoms. The molecule has 1 aromatic carbocycles. The molecule has 4 N–H and O–H groups in total. The molecule has 146 valence electrons. The van der Waals surface area contributed by atoms with Crippen LogP contribution in [0.3, 0.4) is 0 Å². The first kappa shape index (κ1) is 21.4. The van der Waals surface area contributed by atoms with Crippen molar-refractivity contribution in [2.75, 3.05) is 11.9 Å². The van der Waals surface area contributed by atoms with Gasteiger partial charge < -0.3 is 16.4 Å². The Morgan fingerprint density at radius 2 is 1.89 bits per heavy atom. The van der Waals surface area contributed by atoms with Crippen molar-refractivity contribution >= 4 is 40.6 Å². The first-order chi connectivity index (χ1) is 12.6. The van der Waals surface area contributed by atoms with Gasteiger partial charge in [0.25, 0.3) is 11.8 Å². The van der Waals surface area contributed by atoms with E-state index in [9.17, 15) is 9.59 Å². The third-order valence-corrected chi connectivity index (χ3v) is 5.87. The van der Waals surface area contributed by atoms with Crippen LogP contribution in [0.2, 0.25) is 0 Å². The van der Waals surface area contributed by atoms with Crippen LogP contribution in [0.25, 0.3) is 0 Å². The third kappa shape index (κ3) is 5.09. The highest BCUT2D eigenvalue weighted by Gasteiger charge is 2.28. The molecule has 2 unspecified atom stereocenters. The first-order valence-corrected chi connectivity index (χ1v) is 9.99. The zero-order valence-corrected chi connectivity index (χ0v) is 17.0. The van der Waals surface area contributed by atoms with E-state index in [0.29, 0.717) is 28.6 Å². The Kier molecular flexibility index (Phi) is 7.83. The van der Waals surface area contributed by atoms with E-state index in [4.69, 9.17) is 5.73 Å². The summed E-state index contributed by atoms with van der Waals surface area (Å²) in [6, 6.07) is 9.39. The molecule has 0 spiro atoms. The van der Waals surface area contributed by atoms with E-state index < -0.39 is 0 Å². The molecule has 1 fully saturated rings. The Labute approximate surface area is 170 Å². The Morgan fingerprint density at radius 1 is 1.15 bits per heavy atom. The van der Waals surface area contributed by atoms with Gasteiger partial charge in [0, 0.05) is 11.6 Å². The van der Waals surface area contributed by atoms with E-state index in [-0.39, 0.29) is 30.3 Å². The Morgan fingerprint density at radius 3 is 2.56 bits per heavy atom. The molecule has 2 atom stereocenters. The fourth-order valence-electron chi connectivity index (χ4n) is 3.41. The van der Waals surface area contributed by atoms with Gasteiger partial charge in [0.1, 0.15) is 5.00 Å². The Hall–Kier alpha value is -1.89. The zero-order chi connectivity index (χ0) is 18.5. The lowest BCUT2D eigenvalue weighted by Crippen LogP contribution is -2.40. The van der Waals surface area contributed by atoms with Gasteiger partial charge in [-0.25, -0.2) is 0 Å². The van der Waals surface area contributed by atoms with Crippen LogP contribution < -0.4 is 16.4 Å². The topological polar surface area (TPSA) is 84.2 Å². The van der Waals surface area contributed by atoms with Crippen molar-refractivity contribution in [1.82, 2.24) is 5.32 Å². The molecule has 0 bridgehead atoms. The lowest BCUT2D eigenvalue weighted by atomic mass is 10.0. The van der Waals surface area contributed by atoms with Crippen LogP contribution in [-0.2, 0) is 6.42 Å². The summed E-state index contributed by atoms with van der Waals surface area (Å²) in [6.07, 6.45) is 4.04. The fourth-order valence-corrected chi connectivity index (χ4v) is 4.19. The molecule has 0 aliphatic heterocycles. The maximum absolute atomic E-state index is 12.6. The summed E-state index contributed by atoms with van der Waals surface area (Å²) in [6.45, 7) is 2.66. The second-order valence-electron chi connectivity index (χ2n) is 6.67. The molecule has 5 nitrogen and oxygen atoms in total. The smallest absolute Gasteiger partial charge is 0.256 e. The number of nitrogens with two attached hydrogens (primary N) is 1. The predicted octanol–water partition coefficient (Wildman–Crippen LogP) is 3.84. The van der Waals surface area contributed by atoms with Gasteiger partial charge in [-0.3, -0.25) is 9.59 Å². The molecule has 7 heteroatoms. The van der Waals surface area contributed by atoms with Crippen molar-refractivity contribution in [1.29, 1.82) is 0 Å². The maximum Gasteiger partial charge on any atom is 0.256 e. The second-order valence-corrected chi connectivity index (χ2v) is 7.59. The van der Waals surface area contributed by atoms with E-state index in [1.54, 1.807) is 6.07 Å². The van der Waals surface area contributed by atoms with E-state index >= 15 is 0 Å². The van der Waals surface area contributed by atoms with Gasteiger partial charge in [0.15, 0.2) is 0 Å². The third-order valence-electron chi connectivity index (χ3n) is 5.04. The number of nitrogens with one attached hydrogen (secondary N) is 2. The highest BCUT2D eigenvalue weighted by molar-refractivity contribution is 7.14. The molecule has 1 aliphatic carbocycles. The van der Waals surface area contributed by atoms with Crippen LogP contribution in [0.4, 0.5) is 5.00 Å². The summed E-state index contributed by atoms with van der Waals surface area (Å²) in [5.74, 6) is -0.00853. The Bertz CT molecular complexity index is 776. The summed E-state index contributed by atoms with van der Waals surface area (Å²) in [7, 11) is 0. The van der Waals surface area contributed by atoms with Crippen molar-refractivity contribution in [2.24, 2.45) is 11.7 Å². The number of carbonyl (C=O) groups excluding carboxylic acids is 2. The molecule has 1 saturated carbocycles. The number of carbonyl (C=O) groups is 2. The number of halogens is 1. The average molecular weight is 408 g/mol. The monoisotopic (exact) mass is 407 g/mol. The fraction of sp³-hybridized carbons (Fsp3) is 0.400. The molecular formula is C20H26ClN3O2S. The summed E-state index contributed by atoms with van der Waals surface area (Å²) >= 11 is 1.36. The minimum absolute atomic E-state index is 0. The molecular weight excluding hydrogens is 382 g/mol. The largest absolute Gasteiger partial charge is 0.349 e. The minimum Gasteiger partial charge on any atom is -0.349 e. The van der Waals surface area contributed by atoms with E-state index in [1.165, 1.54) is 16.9 Å². The standard InChI is InChI=1S/C20H25N3O2S.ClH/c1-2-13-6-8-14(9-7-13)18(24)23-20-16(10-11-26-20)19(25)22-17-5-3-4-15(17)12-21;/h6-11,15,17H,2-5,12,21H2,1H3,(H,22,25)(H,23,24);1H. The predicted molar refractivity (Wildman–Crippen MR) is 113 cm³/mol. The molecule has 2 aromatic rings. The summed E-state index contributed by atoms with van der Waals surface area (Å²) in [5.41, 5.74) is 8.07. The quantitative estimate of drug-likeness (QED) is 0.680. The van der Waals surface area contributed by atoms with Crippen LogP contribution >= 0.6 is 23.7 Å². The maximum atomic E-state index is 12.6. The van der Waals surface area contributed by atoms with Gasteiger partial charge in [0.05, 0.1) is 5.56 Å². The minimum atomic E-state index is -0.204. The van der Waals surface area contributed by atoms with Gasteiger partial charge in [-0.05, 0) is 60.9 Å². The van der Waals surface area contributed by atoms with Crippen molar-refractivity contribution in [2.45, 2.75) is 38.6 Å². The van der Waals surface area contributed by atoms with Gasteiger partial charge in [0.2, 0.25) is 0 Å². The number of benzene rings is 1. The van der Waals surface area contributed by atoms with E-state index in [2.05, 4.69) is 17.6 Å². The second kappa shape index (κ2) is 9.88. The van der Waals surface area contributed by atoms with Gasteiger partial charge in [-0.15, -0.1) is 23.7 Å². The summed E-state index contributed by atoms with van der Waals surface area (Å²) in [4.78, 5) is 25.1. The lowest BCUT2D eigenvalue weighted by Gasteiger charge is -2.19. The van der Waals surface area contributed by atoms with Gasteiger partial charge in [-0.1, -0.05) is 25.5 Å². The van der Waals surface area contributed by atoms with Crippen molar-refractivity contribution in [3.63, 3.8) is 0 Å². The highest BCUT2D eigenvalue weighted by atomic mass is 35.5. The van der Waals surface area contributed by atoms with Crippen LogP contribution in [-0.4, -0.2) is 24.4 Å². The molecule has 1 aromatic heterocycles. The highest BCUT2D eigenvalue weighted by Crippen LogP contribution is 2.27. The van der Waals surface area contributed by atoms with Gasteiger partial charge >= 0.3 is 0 Å². The number of aryl methyl sites for hydroxylation is 1. The van der Waals surface area contributed by atoms with Crippen LogP contribution in [0.5, 0.6) is 0 Å². The summed E-state index contributed by atoms with van der Waals surface area (Å²) in [5, 5.41) is 8.35. The van der Waals surface area contributed by atoms with E-state index in [0.717, 1.165) is 25.7 Å². The van der Waals surface area contributed by atoms with Crippen LogP contribution in [0, 0.1) is 5.92 Å². The van der Waals surface area contributed by atoms with Crippen molar-refractivity contribution in [3.05, 3.63) is 52.4 Å². The van der Waals surface area contributed by atoms with Crippen molar-refractivity contribution < 1.29 is 9.59 Å². The van der Waals surface area contributed by atoms with Crippen LogP contribution in [0.15, 0.2) is 35.7 Å². The number of rotatable bonds is 6. The molecule has 3 rings (SSSR count). The average Bonchev–Trinajstić information content (AvgIpc) is 3.30. The van der Waals surface area contributed by atoms with E-state index in [1.807, 2.05) is 29.6 Å². The Balaban J connectivity index is 0.00000261. The zero-order valence-electron chi connectivity index (χ0n) is 15.4. The normalized spacial score (nSPS) is 18.6. The SMILES string of the molecule is CCc1ccc(C(=O)Nc2sccc2C(=O)NC2CCCC2CN)cc1.Cl. The van der Waals surface area contributed by atoms with Crippen LogP contribution in [0.1, 0.15) is 52.5 Å². The molecule has 1 heterocycles. The van der Waals surface area contributed by atoms with Gasteiger partial charge in [-0.2, -0.15) is 0 Å². The van der Waals surface area contributed by atoms with Crippen molar-refractivity contribution in [3.8, 4) is 0 Å². The number of anilines is 1. The lowest BCUT2D eigenvalue weighted by molar-refractivity contribution is 0.0930. The molecule has 0 radical (unpaired) electrons. The summed E-state index contributed by atoms with van der Waals surface area (Å²) < 4.78 is 0.